The summed E-state index contributed by atoms with van der Waals surface area (Å²) < 4.78 is 25.8. The number of hydrogen-bond donors (Lipinski definition) is 1. The first-order valence-electron chi connectivity index (χ1n) is 10.9. The maximum absolute atomic E-state index is 13.1. The first-order chi connectivity index (χ1) is 15.2. The number of hydrogen-bond acceptors (Lipinski definition) is 4. The Morgan fingerprint density at radius 1 is 0.969 bits per heavy atom. The zero-order valence-corrected chi connectivity index (χ0v) is 19.8. The number of benzene rings is 2. The SMILES string of the molecule is CCNC(=O)[C@H](C)N(CCc1ccccc1)C(=O)CCCN(c1ccccc1)S(C)(=O)=O. The van der Waals surface area contributed by atoms with E-state index in [0.29, 0.717) is 31.6 Å². The Bertz CT molecular complexity index is 965. The predicted molar refractivity (Wildman–Crippen MR) is 128 cm³/mol. The summed E-state index contributed by atoms with van der Waals surface area (Å²) in [6, 6.07) is 18.0. The van der Waals surface area contributed by atoms with E-state index in [1.807, 2.05) is 43.3 Å². The number of nitrogens with zero attached hydrogens (tertiary/aromatic N) is 2. The zero-order chi connectivity index (χ0) is 23.6. The minimum absolute atomic E-state index is 0.150. The van der Waals surface area contributed by atoms with Gasteiger partial charge in [-0.1, -0.05) is 48.5 Å². The van der Waals surface area contributed by atoms with Gasteiger partial charge >= 0.3 is 0 Å². The van der Waals surface area contributed by atoms with E-state index in [-0.39, 0.29) is 24.8 Å². The lowest BCUT2D eigenvalue weighted by Gasteiger charge is -2.29. The fraction of sp³-hybridized carbons (Fsp3) is 0.417. The fourth-order valence-electron chi connectivity index (χ4n) is 3.49. The van der Waals surface area contributed by atoms with E-state index in [4.69, 9.17) is 0 Å². The van der Waals surface area contributed by atoms with Gasteiger partial charge in [-0.2, -0.15) is 0 Å². The highest BCUT2D eigenvalue weighted by molar-refractivity contribution is 7.92. The summed E-state index contributed by atoms with van der Waals surface area (Å²) in [5.74, 6) is -0.364. The Labute approximate surface area is 191 Å². The zero-order valence-electron chi connectivity index (χ0n) is 19.0. The topological polar surface area (TPSA) is 86.8 Å². The van der Waals surface area contributed by atoms with E-state index < -0.39 is 16.1 Å². The van der Waals surface area contributed by atoms with Crippen LogP contribution in [0, 0.1) is 0 Å². The molecule has 0 spiro atoms. The van der Waals surface area contributed by atoms with Gasteiger partial charge in [0.25, 0.3) is 0 Å². The van der Waals surface area contributed by atoms with Crippen molar-refractivity contribution < 1.29 is 18.0 Å². The number of rotatable bonds is 12. The Kier molecular flexibility index (Phi) is 9.71. The van der Waals surface area contributed by atoms with E-state index in [1.54, 1.807) is 36.1 Å². The largest absolute Gasteiger partial charge is 0.355 e. The van der Waals surface area contributed by atoms with Crippen LogP contribution in [0.5, 0.6) is 0 Å². The van der Waals surface area contributed by atoms with E-state index in [9.17, 15) is 18.0 Å². The molecule has 32 heavy (non-hydrogen) atoms. The molecule has 0 bridgehead atoms. The molecule has 2 aromatic carbocycles. The molecule has 0 aliphatic rings. The lowest BCUT2D eigenvalue weighted by atomic mass is 10.1. The molecule has 174 valence electrons. The molecule has 0 aliphatic carbocycles. The molecule has 0 unspecified atom stereocenters. The van der Waals surface area contributed by atoms with Crippen molar-refractivity contribution in [2.24, 2.45) is 0 Å². The molecule has 0 radical (unpaired) electrons. The normalized spacial score (nSPS) is 12.1. The average molecular weight is 460 g/mol. The van der Waals surface area contributed by atoms with Crippen molar-refractivity contribution in [1.29, 1.82) is 0 Å². The summed E-state index contributed by atoms with van der Waals surface area (Å²) in [5.41, 5.74) is 1.65. The first-order valence-corrected chi connectivity index (χ1v) is 12.7. The second-order valence-corrected chi connectivity index (χ2v) is 9.57. The van der Waals surface area contributed by atoms with Gasteiger partial charge in [-0.3, -0.25) is 13.9 Å². The van der Waals surface area contributed by atoms with Gasteiger partial charge in [0.2, 0.25) is 21.8 Å². The van der Waals surface area contributed by atoms with Crippen LogP contribution in [0.3, 0.4) is 0 Å². The standard InChI is InChI=1S/C24H33N3O4S/c1-4-25-24(29)20(2)26(19-17-21-12-7-5-8-13-21)23(28)16-11-18-27(32(3,30)31)22-14-9-6-10-15-22/h5-10,12-15,20H,4,11,16-19H2,1-3H3,(H,25,29)/t20-/m0/s1. The number of carbonyl (C=O) groups excluding carboxylic acids is 2. The number of likely N-dealkylation sites (N-methyl/N-ethyl adjacent to an activating group) is 1. The Morgan fingerprint density at radius 2 is 1.56 bits per heavy atom. The van der Waals surface area contributed by atoms with Crippen LogP contribution in [0.1, 0.15) is 32.3 Å². The van der Waals surface area contributed by atoms with Crippen molar-refractivity contribution in [2.45, 2.75) is 39.2 Å². The van der Waals surface area contributed by atoms with Crippen molar-refractivity contribution in [2.75, 3.05) is 30.2 Å². The van der Waals surface area contributed by atoms with Crippen LogP contribution >= 0.6 is 0 Å². The number of para-hydroxylation sites is 1. The lowest BCUT2D eigenvalue weighted by molar-refractivity contribution is -0.139. The van der Waals surface area contributed by atoms with Crippen LogP contribution in [0.25, 0.3) is 0 Å². The van der Waals surface area contributed by atoms with Crippen LogP contribution < -0.4 is 9.62 Å². The van der Waals surface area contributed by atoms with Crippen LogP contribution in [0.4, 0.5) is 5.69 Å². The van der Waals surface area contributed by atoms with Gasteiger partial charge < -0.3 is 10.2 Å². The van der Waals surface area contributed by atoms with Crippen molar-refractivity contribution >= 4 is 27.5 Å². The molecule has 0 fully saturated rings. The molecule has 8 heteroatoms. The number of anilines is 1. The molecule has 2 aromatic rings. The van der Waals surface area contributed by atoms with E-state index in [1.165, 1.54) is 4.31 Å². The van der Waals surface area contributed by atoms with Crippen molar-refractivity contribution in [3.8, 4) is 0 Å². The quantitative estimate of drug-likeness (QED) is 0.529. The third-order valence-corrected chi connectivity index (χ3v) is 6.39. The molecule has 1 atom stereocenters. The molecule has 7 nitrogen and oxygen atoms in total. The molecule has 0 aliphatic heterocycles. The summed E-state index contributed by atoms with van der Waals surface area (Å²) in [7, 11) is -3.48. The molecule has 0 saturated heterocycles. The van der Waals surface area contributed by atoms with Gasteiger partial charge in [-0.25, -0.2) is 8.42 Å². The van der Waals surface area contributed by atoms with Crippen molar-refractivity contribution in [3.05, 3.63) is 66.2 Å². The third-order valence-electron chi connectivity index (χ3n) is 5.20. The highest BCUT2D eigenvalue weighted by Crippen LogP contribution is 2.18. The van der Waals surface area contributed by atoms with Crippen LogP contribution in [0.2, 0.25) is 0 Å². The highest BCUT2D eigenvalue weighted by Gasteiger charge is 2.25. The van der Waals surface area contributed by atoms with Gasteiger partial charge in [0.1, 0.15) is 6.04 Å². The molecule has 2 rings (SSSR count). The second-order valence-electron chi connectivity index (χ2n) is 7.67. The molecule has 0 saturated carbocycles. The summed E-state index contributed by atoms with van der Waals surface area (Å²) in [5, 5.41) is 2.77. The maximum atomic E-state index is 13.1. The predicted octanol–water partition coefficient (Wildman–Crippen LogP) is 2.83. The molecule has 2 amide bonds. The van der Waals surface area contributed by atoms with Crippen LogP contribution in [-0.4, -0.2) is 57.1 Å². The molecule has 0 aromatic heterocycles. The van der Waals surface area contributed by atoms with Gasteiger partial charge in [-0.15, -0.1) is 0 Å². The number of amides is 2. The number of carbonyl (C=O) groups is 2. The molecular weight excluding hydrogens is 426 g/mol. The second kappa shape index (κ2) is 12.2. The third kappa shape index (κ3) is 7.67. The summed E-state index contributed by atoms with van der Waals surface area (Å²) in [6.45, 7) is 4.65. The van der Waals surface area contributed by atoms with E-state index >= 15 is 0 Å². The monoisotopic (exact) mass is 459 g/mol. The highest BCUT2D eigenvalue weighted by atomic mass is 32.2. The van der Waals surface area contributed by atoms with Gasteiger partial charge in [-0.05, 0) is 44.4 Å². The lowest BCUT2D eigenvalue weighted by Crippen LogP contribution is -2.48. The van der Waals surface area contributed by atoms with Crippen LogP contribution in [-0.2, 0) is 26.0 Å². The number of sulfonamides is 1. The average Bonchev–Trinajstić information content (AvgIpc) is 2.77. The Morgan fingerprint density at radius 3 is 2.12 bits per heavy atom. The van der Waals surface area contributed by atoms with Gasteiger partial charge in [0, 0.05) is 26.1 Å². The van der Waals surface area contributed by atoms with Gasteiger partial charge in [0.05, 0.1) is 11.9 Å². The van der Waals surface area contributed by atoms with Crippen molar-refractivity contribution in [1.82, 2.24) is 10.2 Å². The van der Waals surface area contributed by atoms with Crippen LogP contribution in [0.15, 0.2) is 60.7 Å². The molecular formula is C24H33N3O4S. The summed E-state index contributed by atoms with van der Waals surface area (Å²) >= 11 is 0. The van der Waals surface area contributed by atoms with Crippen molar-refractivity contribution in [3.63, 3.8) is 0 Å². The fourth-order valence-corrected chi connectivity index (χ4v) is 4.46. The van der Waals surface area contributed by atoms with Gasteiger partial charge in [0.15, 0.2) is 0 Å². The number of nitrogens with one attached hydrogen (secondary N) is 1. The maximum Gasteiger partial charge on any atom is 0.242 e. The Hall–Kier alpha value is -2.87. The molecule has 1 N–H and O–H groups in total. The van der Waals surface area contributed by atoms with E-state index in [0.717, 1.165) is 11.8 Å². The minimum Gasteiger partial charge on any atom is -0.355 e. The summed E-state index contributed by atoms with van der Waals surface area (Å²) in [4.78, 5) is 27.1. The Balaban J connectivity index is 2.06. The minimum atomic E-state index is -3.48. The summed E-state index contributed by atoms with van der Waals surface area (Å²) in [6.07, 6.45) is 2.29. The molecule has 0 heterocycles. The first kappa shape index (κ1) is 25.4. The smallest absolute Gasteiger partial charge is 0.242 e. The van der Waals surface area contributed by atoms with E-state index in [2.05, 4.69) is 5.32 Å².